The molecule has 0 aliphatic rings. The highest BCUT2D eigenvalue weighted by atomic mass is 16.5. The third kappa shape index (κ3) is 5.43. The fourth-order valence-corrected chi connectivity index (χ4v) is 1.79. The zero-order chi connectivity index (χ0) is 16.0. The van der Waals surface area contributed by atoms with Gasteiger partial charge in [-0.3, -0.25) is 0 Å². The predicted molar refractivity (Wildman–Crippen MR) is 80.9 cm³/mol. The lowest BCUT2D eigenvalue weighted by molar-refractivity contribution is -0.00663. The van der Waals surface area contributed by atoms with Gasteiger partial charge in [-0.1, -0.05) is 6.07 Å². The molecule has 0 saturated heterocycles. The smallest absolute Gasteiger partial charge is 0.335 e. The summed E-state index contributed by atoms with van der Waals surface area (Å²) < 4.78 is 5.48. The number of ether oxygens (including phenoxy) is 1. The van der Waals surface area contributed by atoms with E-state index in [2.05, 4.69) is 10.6 Å². The van der Waals surface area contributed by atoms with Crippen LogP contribution in [0.3, 0.4) is 0 Å². The van der Waals surface area contributed by atoms with Crippen LogP contribution in [0.25, 0.3) is 0 Å². The second kappa shape index (κ2) is 7.08. The van der Waals surface area contributed by atoms with Gasteiger partial charge in [0.25, 0.3) is 0 Å². The number of carbonyl (C=O) groups excluding carboxylic acids is 1. The molecule has 0 heterocycles. The Morgan fingerprint density at radius 3 is 2.57 bits per heavy atom. The van der Waals surface area contributed by atoms with Crippen LogP contribution < -0.4 is 10.6 Å². The second-order valence-electron chi connectivity index (χ2n) is 5.34. The van der Waals surface area contributed by atoms with Crippen molar-refractivity contribution in [3.05, 3.63) is 29.3 Å². The molecule has 0 unspecified atom stereocenters. The van der Waals surface area contributed by atoms with Crippen LogP contribution in [0.4, 0.5) is 10.5 Å². The van der Waals surface area contributed by atoms with Crippen molar-refractivity contribution in [1.82, 2.24) is 5.32 Å². The van der Waals surface area contributed by atoms with Crippen LogP contribution in [0, 0.1) is 6.92 Å². The lowest BCUT2D eigenvalue weighted by atomic mass is 10.1. The van der Waals surface area contributed by atoms with Crippen LogP contribution >= 0.6 is 0 Å². The summed E-state index contributed by atoms with van der Waals surface area (Å²) in [7, 11) is 0. The van der Waals surface area contributed by atoms with Crippen LogP contribution in [0.1, 0.15) is 36.7 Å². The molecule has 0 saturated carbocycles. The standard InChI is InChI=1S/C15H22N2O4/c1-5-21-15(3,4)9-16-14(20)17-12-8-11(13(18)19)7-6-10(12)2/h6-8H,5,9H2,1-4H3,(H,18,19)(H2,16,17,20). The van der Waals surface area contributed by atoms with Gasteiger partial charge >= 0.3 is 12.0 Å². The van der Waals surface area contributed by atoms with Crippen molar-refractivity contribution in [2.75, 3.05) is 18.5 Å². The van der Waals surface area contributed by atoms with Gasteiger partial charge in [-0.05, 0) is 45.4 Å². The zero-order valence-electron chi connectivity index (χ0n) is 12.8. The van der Waals surface area contributed by atoms with Gasteiger partial charge in [0.05, 0.1) is 11.2 Å². The second-order valence-corrected chi connectivity index (χ2v) is 5.34. The van der Waals surface area contributed by atoms with E-state index in [1.165, 1.54) is 12.1 Å². The average Bonchev–Trinajstić information content (AvgIpc) is 2.39. The molecule has 6 heteroatoms. The predicted octanol–water partition coefficient (Wildman–Crippen LogP) is 2.63. The lowest BCUT2D eigenvalue weighted by Crippen LogP contribution is -2.42. The SMILES string of the molecule is CCOC(C)(C)CNC(=O)Nc1cc(C(=O)O)ccc1C. The van der Waals surface area contributed by atoms with E-state index < -0.39 is 17.6 Å². The Morgan fingerprint density at radius 1 is 1.33 bits per heavy atom. The fourth-order valence-electron chi connectivity index (χ4n) is 1.79. The Morgan fingerprint density at radius 2 is 2.00 bits per heavy atom. The Bertz CT molecular complexity index is 526. The number of carbonyl (C=O) groups is 2. The molecule has 1 rings (SSSR count). The van der Waals surface area contributed by atoms with E-state index in [0.717, 1.165) is 5.56 Å². The monoisotopic (exact) mass is 294 g/mol. The average molecular weight is 294 g/mol. The first-order valence-corrected chi connectivity index (χ1v) is 6.78. The van der Waals surface area contributed by atoms with Crippen molar-refractivity contribution >= 4 is 17.7 Å². The van der Waals surface area contributed by atoms with E-state index in [0.29, 0.717) is 18.8 Å². The molecule has 0 atom stereocenters. The number of aryl methyl sites for hydroxylation is 1. The summed E-state index contributed by atoms with van der Waals surface area (Å²) in [6.45, 7) is 8.37. The number of amides is 2. The molecule has 1 aromatic carbocycles. The molecule has 0 bridgehead atoms. The van der Waals surface area contributed by atoms with Crippen molar-refractivity contribution in [3.63, 3.8) is 0 Å². The number of carboxylic acids is 1. The number of nitrogens with one attached hydrogen (secondary N) is 2. The first-order valence-electron chi connectivity index (χ1n) is 6.78. The highest BCUT2D eigenvalue weighted by Crippen LogP contribution is 2.17. The van der Waals surface area contributed by atoms with Gasteiger partial charge in [0.1, 0.15) is 0 Å². The molecule has 116 valence electrons. The van der Waals surface area contributed by atoms with E-state index in [1.54, 1.807) is 13.0 Å². The number of hydrogen-bond donors (Lipinski definition) is 3. The molecule has 21 heavy (non-hydrogen) atoms. The zero-order valence-corrected chi connectivity index (χ0v) is 12.8. The van der Waals surface area contributed by atoms with Gasteiger partial charge in [-0.25, -0.2) is 9.59 Å². The molecule has 0 fully saturated rings. The Kier molecular flexibility index (Phi) is 5.72. The van der Waals surface area contributed by atoms with Gasteiger partial charge in [-0.15, -0.1) is 0 Å². The molecule has 0 aromatic heterocycles. The number of carboxylic acid groups (broad SMARTS) is 1. The summed E-state index contributed by atoms with van der Waals surface area (Å²) in [5.41, 5.74) is 0.940. The highest BCUT2D eigenvalue weighted by Gasteiger charge is 2.18. The summed E-state index contributed by atoms with van der Waals surface area (Å²) in [4.78, 5) is 22.8. The van der Waals surface area contributed by atoms with Gasteiger partial charge in [-0.2, -0.15) is 0 Å². The third-order valence-corrected chi connectivity index (χ3v) is 2.94. The van der Waals surface area contributed by atoms with Crippen molar-refractivity contribution in [2.24, 2.45) is 0 Å². The Hall–Kier alpha value is -2.08. The van der Waals surface area contributed by atoms with E-state index in [-0.39, 0.29) is 5.56 Å². The summed E-state index contributed by atoms with van der Waals surface area (Å²) in [5.74, 6) is -1.03. The van der Waals surface area contributed by atoms with Crippen molar-refractivity contribution < 1.29 is 19.4 Å². The van der Waals surface area contributed by atoms with E-state index in [9.17, 15) is 9.59 Å². The van der Waals surface area contributed by atoms with Crippen LogP contribution in [-0.4, -0.2) is 35.9 Å². The molecule has 6 nitrogen and oxygen atoms in total. The molecule has 0 aliphatic carbocycles. The lowest BCUT2D eigenvalue weighted by Gasteiger charge is -2.25. The Balaban J connectivity index is 2.67. The molecular formula is C15H22N2O4. The highest BCUT2D eigenvalue weighted by molar-refractivity contribution is 5.93. The molecule has 3 N–H and O–H groups in total. The van der Waals surface area contributed by atoms with E-state index >= 15 is 0 Å². The quantitative estimate of drug-likeness (QED) is 0.752. The summed E-state index contributed by atoms with van der Waals surface area (Å²) >= 11 is 0. The topological polar surface area (TPSA) is 87.7 Å². The number of aromatic carboxylic acids is 1. The molecule has 0 spiro atoms. The largest absolute Gasteiger partial charge is 0.478 e. The first-order chi connectivity index (χ1) is 9.75. The van der Waals surface area contributed by atoms with E-state index in [1.807, 2.05) is 20.8 Å². The number of urea groups is 1. The van der Waals surface area contributed by atoms with Crippen LogP contribution in [-0.2, 0) is 4.74 Å². The van der Waals surface area contributed by atoms with Gasteiger partial charge < -0.3 is 20.5 Å². The summed E-state index contributed by atoms with van der Waals surface area (Å²) in [6.07, 6.45) is 0. The third-order valence-electron chi connectivity index (χ3n) is 2.94. The fraction of sp³-hybridized carbons (Fsp3) is 0.467. The molecule has 2 amide bonds. The number of rotatable bonds is 6. The van der Waals surface area contributed by atoms with Crippen molar-refractivity contribution in [3.8, 4) is 0 Å². The molecule has 0 aliphatic heterocycles. The number of anilines is 1. The minimum absolute atomic E-state index is 0.130. The molecular weight excluding hydrogens is 272 g/mol. The van der Waals surface area contributed by atoms with Gasteiger partial charge in [0.2, 0.25) is 0 Å². The molecule has 0 radical (unpaired) electrons. The first kappa shape index (κ1) is 17.0. The van der Waals surface area contributed by atoms with Gasteiger partial charge in [0, 0.05) is 18.8 Å². The van der Waals surface area contributed by atoms with Crippen molar-refractivity contribution in [1.29, 1.82) is 0 Å². The normalized spacial score (nSPS) is 11.0. The van der Waals surface area contributed by atoms with Crippen LogP contribution in [0.2, 0.25) is 0 Å². The Labute approximate surface area is 124 Å². The minimum Gasteiger partial charge on any atom is -0.478 e. The maximum Gasteiger partial charge on any atom is 0.335 e. The molecule has 1 aromatic rings. The van der Waals surface area contributed by atoms with Crippen molar-refractivity contribution in [2.45, 2.75) is 33.3 Å². The number of benzene rings is 1. The minimum atomic E-state index is -1.03. The van der Waals surface area contributed by atoms with Crippen LogP contribution in [0.15, 0.2) is 18.2 Å². The van der Waals surface area contributed by atoms with E-state index in [4.69, 9.17) is 9.84 Å². The summed E-state index contributed by atoms with van der Waals surface area (Å²) in [5, 5.41) is 14.3. The maximum atomic E-state index is 11.9. The summed E-state index contributed by atoms with van der Waals surface area (Å²) in [6, 6.07) is 4.20. The number of hydrogen-bond acceptors (Lipinski definition) is 3. The van der Waals surface area contributed by atoms with Crippen LogP contribution in [0.5, 0.6) is 0 Å². The maximum absolute atomic E-state index is 11.9. The van der Waals surface area contributed by atoms with Gasteiger partial charge in [0.15, 0.2) is 0 Å².